The van der Waals surface area contributed by atoms with Crippen molar-refractivity contribution in [3.8, 4) is 5.75 Å². The zero-order valence-corrected chi connectivity index (χ0v) is 14.6. The number of hydrogen-bond donors (Lipinski definition) is 1. The summed E-state index contributed by atoms with van der Waals surface area (Å²) in [4.78, 5) is 26.1. The number of benzene rings is 1. The standard InChI is InChI=1S/C19H23N3O3/c1-21-15(13-22-11-3-4-17(22)19(21)24)12-20-18(23)10-7-14-5-8-16(25-2)9-6-14/h3-6,8-9,11,15H,7,10,12-13H2,1-2H3,(H,20,23). The smallest absolute Gasteiger partial charge is 0.270 e. The molecule has 1 unspecified atom stereocenters. The van der Waals surface area contributed by atoms with Gasteiger partial charge in [0, 0.05) is 32.8 Å². The lowest BCUT2D eigenvalue weighted by atomic mass is 10.1. The molecule has 2 amide bonds. The number of nitrogens with one attached hydrogen (secondary N) is 1. The van der Waals surface area contributed by atoms with Crippen molar-refractivity contribution in [2.75, 3.05) is 20.7 Å². The monoisotopic (exact) mass is 341 g/mol. The Morgan fingerprint density at radius 3 is 2.76 bits per heavy atom. The van der Waals surface area contributed by atoms with Crippen molar-refractivity contribution in [2.45, 2.75) is 25.4 Å². The van der Waals surface area contributed by atoms with Crippen LogP contribution in [0.4, 0.5) is 0 Å². The summed E-state index contributed by atoms with van der Waals surface area (Å²) < 4.78 is 7.07. The predicted octanol–water partition coefficient (Wildman–Crippen LogP) is 1.70. The second-order valence-corrected chi connectivity index (χ2v) is 6.27. The molecule has 0 fully saturated rings. The molecule has 6 nitrogen and oxygen atoms in total. The molecule has 1 aliphatic rings. The lowest BCUT2D eigenvalue weighted by molar-refractivity contribution is -0.121. The molecule has 1 atom stereocenters. The van der Waals surface area contributed by atoms with Crippen LogP contribution >= 0.6 is 0 Å². The molecule has 1 aromatic heterocycles. The highest BCUT2D eigenvalue weighted by Gasteiger charge is 2.29. The maximum Gasteiger partial charge on any atom is 0.270 e. The van der Waals surface area contributed by atoms with E-state index >= 15 is 0 Å². The van der Waals surface area contributed by atoms with E-state index in [4.69, 9.17) is 4.74 Å². The Morgan fingerprint density at radius 1 is 1.28 bits per heavy atom. The summed E-state index contributed by atoms with van der Waals surface area (Å²) in [5, 5.41) is 2.95. The lowest BCUT2D eigenvalue weighted by Gasteiger charge is -2.33. The Balaban J connectivity index is 1.48. The number of aromatic nitrogens is 1. The largest absolute Gasteiger partial charge is 0.497 e. The molecule has 1 aliphatic heterocycles. The minimum Gasteiger partial charge on any atom is -0.497 e. The first-order chi connectivity index (χ1) is 12.1. The van der Waals surface area contributed by atoms with Gasteiger partial charge < -0.3 is 19.5 Å². The van der Waals surface area contributed by atoms with E-state index in [-0.39, 0.29) is 17.9 Å². The van der Waals surface area contributed by atoms with Gasteiger partial charge in [-0.1, -0.05) is 12.1 Å². The van der Waals surface area contributed by atoms with Crippen molar-refractivity contribution in [1.29, 1.82) is 0 Å². The molecule has 0 spiro atoms. The highest BCUT2D eigenvalue weighted by atomic mass is 16.5. The topological polar surface area (TPSA) is 63.6 Å². The van der Waals surface area contributed by atoms with Crippen LogP contribution in [-0.2, 0) is 17.8 Å². The molecule has 2 aromatic rings. The molecule has 25 heavy (non-hydrogen) atoms. The van der Waals surface area contributed by atoms with Crippen molar-refractivity contribution in [2.24, 2.45) is 0 Å². The number of fused-ring (bicyclic) bond motifs is 1. The van der Waals surface area contributed by atoms with Gasteiger partial charge in [0.05, 0.1) is 13.2 Å². The van der Waals surface area contributed by atoms with E-state index in [1.54, 1.807) is 19.1 Å². The van der Waals surface area contributed by atoms with Gasteiger partial charge >= 0.3 is 0 Å². The molecule has 0 radical (unpaired) electrons. The number of aryl methyl sites for hydroxylation is 1. The van der Waals surface area contributed by atoms with Gasteiger partial charge in [0.2, 0.25) is 5.91 Å². The predicted molar refractivity (Wildman–Crippen MR) is 94.6 cm³/mol. The second-order valence-electron chi connectivity index (χ2n) is 6.27. The SMILES string of the molecule is COc1ccc(CCC(=O)NCC2Cn3cccc3C(=O)N2C)cc1. The number of carbonyl (C=O) groups excluding carboxylic acids is 2. The molecule has 0 saturated carbocycles. The van der Waals surface area contributed by atoms with Crippen LogP contribution in [-0.4, -0.2) is 48.0 Å². The summed E-state index contributed by atoms with van der Waals surface area (Å²) >= 11 is 0. The van der Waals surface area contributed by atoms with Crippen molar-refractivity contribution in [3.05, 3.63) is 53.9 Å². The highest BCUT2D eigenvalue weighted by Crippen LogP contribution is 2.16. The van der Waals surface area contributed by atoms with Gasteiger partial charge in [-0.25, -0.2) is 0 Å². The van der Waals surface area contributed by atoms with E-state index in [0.717, 1.165) is 11.3 Å². The van der Waals surface area contributed by atoms with Gasteiger partial charge in [0.15, 0.2) is 0 Å². The molecular formula is C19H23N3O3. The van der Waals surface area contributed by atoms with Crippen LogP contribution < -0.4 is 10.1 Å². The van der Waals surface area contributed by atoms with Crippen LogP contribution in [0.3, 0.4) is 0 Å². The maximum absolute atomic E-state index is 12.3. The van der Waals surface area contributed by atoms with E-state index in [1.807, 2.05) is 47.2 Å². The third-order valence-corrected chi connectivity index (χ3v) is 4.66. The number of carbonyl (C=O) groups is 2. The first kappa shape index (κ1) is 17.1. The van der Waals surface area contributed by atoms with Gasteiger partial charge in [-0.15, -0.1) is 0 Å². The fourth-order valence-corrected chi connectivity index (χ4v) is 3.04. The van der Waals surface area contributed by atoms with Gasteiger partial charge in [-0.2, -0.15) is 0 Å². The Labute approximate surface area is 147 Å². The van der Waals surface area contributed by atoms with Gasteiger partial charge in [0.25, 0.3) is 5.91 Å². The van der Waals surface area contributed by atoms with E-state index in [2.05, 4.69) is 5.32 Å². The summed E-state index contributed by atoms with van der Waals surface area (Å²) in [6.07, 6.45) is 3.00. The molecular weight excluding hydrogens is 318 g/mol. The van der Waals surface area contributed by atoms with Crippen molar-refractivity contribution < 1.29 is 14.3 Å². The number of methoxy groups -OCH3 is 1. The van der Waals surface area contributed by atoms with Crippen LogP contribution in [0.15, 0.2) is 42.6 Å². The van der Waals surface area contributed by atoms with Gasteiger partial charge in [-0.3, -0.25) is 9.59 Å². The molecule has 0 aliphatic carbocycles. The van der Waals surface area contributed by atoms with E-state index in [0.29, 0.717) is 31.6 Å². The van der Waals surface area contributed by atoms with Crippen LogP contribution in [0.5, 0.6) is 5.75 Å². The number of rotatable bonds is 6. The molecule has 0 bridgehead atoms. The Morgan fingerprint density at radius 2 is 2.04 bits per heavy atom. The minimum absolute atomic E-state index is 0.00466. The quantitative estimate of drug-likeness (QED) is 0.870. The van der Waals surface area contributed by atoms with Crippen LogP contribution in [0.1, 0.15) is 22.5 Å². The summed E-state index contributed by atoms with van der Waals surface area (Å²) in [7, 11) is 3.42. The lowest BCUT2D eigenvalue weighted by Crippen LogP contribution is -2.50. The maximum atomic E-state index is 12.3. The third kappa shape index (κ3) is 3.84. The normalized spacial score (nSPS) is 16.5. The summed E-state index contributed by atoms with van der Waals surface area (Å²) in [5.41, 5.74) is 1.79. The highest BCUT2D eigenvalue weighted by molar-refractivity contribution is 5.93. The van der Waals surface area contributed by atoms with Gasteiger partial charge in [-0.05, 0) is 36.2 Å². The number of amides is 2. The van der Waals surface area contributed by atoms with Crippen molar-refractivity contribution in [3.63, 3.8) is 0 Å². The molecule has 0 saturated heterocycles. The molecule has 2 heterocycles. The number of hydrogen-bond acceptors (Lipinski definition) is 3. The zero-order chi connectivity index (χ0) is 17.8. The molecule has 6 heteroatoms. The molecule has 1 aromatic carbocycles. The zero-order valence-electron chi connectivity index (χ0n) is 14.6. The van der Waals surface area contributed by atoms with E-state index < -0.39 is 0 Å². The molecule has 132 valence electrons. The van der Waals surface area contributed by atoms with Crippen LogP contribution in [0, 0.1) is 0 Å². The Bertz CT molecular complexity index is 752. The Kier molecular flexibility index (Phi) is 5.07. The average Bonchev–Trinajstić information content (AvgIpc) is 3.11. The van der Waals surface area contributed by atoms with Crippen LogP contribution in [0.2, 0.25) is 0 Å². The fraction of sp³-hybridized carbons (Fsp3) is 0.368. The van der Waals surface area contributed by atoms with Crippen molar-refractivity contribution in [1.82, 2.24) is 14.8 Å². The third-order valence-electron chi connectivity index (χ3n) is 4.66. The fourth-order valence-electron chi connectivity index (χ4n) is 3.04. The van der Waals surface area contributed by atoms with E-state index in [9.17, 15) is 9.59 Å². The van der Waals surface area contributed by atoms with Crippen molar-refractivity contribution >= 4 is 11.8 Å². The number of nitrogens with zero attached hydrogens (tertiary/aromatic N) is 2. The summed E-state index contributed by atoms with van der Waals surface area (Å²) in [6, 6.07) is 11.4. The van der Waals surface area contributed by atoms with Crippen LogP contribution in [0.25, 0.3) is 0 Å². The minimum atomic E-state index is -0.0302. The molecule has 1 N–H and O–H groups in total. The second kappa shape index (κ2) is 7.42. The van der Waals surface area contributed by atoms with E-state index in [1.165, 1.54) is 0 Å². The summed E-state index contributed by atoms with van der Waals surface area (Å²) in [6.45, 7) is 1.16. The first-order valence-electron chi connectivity index (χ1n) is 8.40. The molecule has 3 rings (SSSR count). The van der Waals surface area contributed by atoms with Gasteiger partial charge in [0.1, 0.15) is 11.4 Å². The number of ether oxygens (including phenoxy) is 1. The first-order valence-corrected chi connectivity index (χ1v) is 8.40. The Hall–Kier alpha value is -2.76. The summed E-state index contributed by atoms with van der Waals surface area (Å²) in [5.74, 6) is 0.797. The number of likely N-dealkylation sites (N-methyl/N-ethyl adjacent to an activating group) is 1. The average molecular weight is 341 g/mol.